The number of nitrogens with zero attached hydrogens (tertiary/aromatic N) is 1. The van der Waals surface area contributed by atoms with Crippen LogP contribution in [-0.4, -0.2) is 30.4 Å². The molecular weight excluding hydrogens is 353 g/mol. The van der Waals surface area contributed by atoms with Crippen molar-refractivity contribution in [1.82, 2.24) is 4.90 Å². The molecule has 1 aromatic rings. The first-order valence-electron chi connectivity index (χ1n) is 8.27. The van der Waals surface area contributed by atoms with Gasteiger partial charge in [0.2, 0.25) is 5.91 Å². The van der Waals surface area contributed by atoms with E-state index in [0.717, 1.165) is 12.1 Å². The lowest BCUT2D eigenvalue weighted by Crippen LogP contribution is -2.40. The number of hydrogen-bond donors (Lipinski definition) is 1. The Kier molecular flexibility index (Phi) is 6.93. The van der Waals surface area contributed by atoms with Gasteiger partial charge in [-0.15, -0.1) is 12.4 Å². The van der Waals surface area contributed by atoms with Crippen molar-refractivity contribution in [1.29, 1.82) is 0 Å². The third kappa shape index (κ3) is 4.88. The van der Waals surface area contributed by atoms with Crippen molar-refractivity contribution >= 4 is 18.3 Å². The van der Waals surface area contributed by atoms with E-state index < -0.39 is 17.2 Å². The Morgan fingerprint density at radius 1 is 1.32 bits per heavy atom. The Morgan fingerprint density at radius 3 is 2.40 bits per heavy atom. The Hall–Kier alpha value is -1.27. The number of carbonyl (C=O) groups is 1. The van der Waals surface area contributed by atoms with E-state index in [1.165, 1.54) is 6.07 Å². The third-order valence-corrected chi connectivity index (χ3v) is 4.90. The zero-order valence-corrected chi connectivity index (χ0v) is 15.6. The van der Waals surface area contributed by atoms with Crippen molar-refractivity contribution < 1.29 is 18.0 Å². The van der Waals surface area contributed by atoms with Crippen LogP contribution in [0.5, 0.6) is 0 Å². The van der Waals surface area contributed by atoms with Gasteiger partial charge in [-0.1, -0.05) is 32.0 Å². The van der Waals surface area contributed by atoms with Gasteiger partial charge in [0.15, 0.2) is 0 Å². The molecule has 0 aromatic heterocycles. The molecule has 7 heteroatoms. The largest absolute Gasteiger partial charge is 0.416 e. The van der Waals surface area contributed by atoms with E-state index in [1.807, 2.05) is 13.8 Å². The Bertz CT molecular complexity index is 600. The fourth-order valence-electron chi connectivity index (χ4n) is 2.89. The first-order chi connectivity index (χ1) is 11.1. The molecule has 2 rings (SSSR count). The van der Waals surface area contributed by atoms with Gasteiger partial charge in [-0.25, -0.2) is 0 Å². The molecule has 0 heterocycles. The van der Waals surface area contributed by atoms with E-state index >= 15 is 0 Å². The van der Waals surface area contributed by atoms with Gasteiger partial charge in [-0.05, 0) is 36.8 Å². The van der Waals surface area contributed by atoms with Crippen molar-refractivity contribution in [3.63, 3.8) is 0 Å². The van der Waals surface area contributed by atoms with Crippen molar-refractivity contribution in [2.75, 3.05) is 13.6 Å². The number of nitrogens with two attached hydrogens (primary N) is 1. The maximum Gasteiger partial charge on any atom is 0.416 e. The number of amides is 1. The second-order valence-corrected chi connectivity index (χ2v) is 7.08. The number of benzene rings is 1. The number of carbonyl (C=O) groups excluding carboxylic acids is 1. The zero-order valence-electron chi connectivity index (χ0n) is 14.8. The standard InChI is InChI=1S/C18H25F3N2O.ClH/c1-12(2)15(22)7-10-23(3)16(24)17(8-9-17)13-5-4-6-14(11-13)18(19,20)21;/h4-6,11-12,15H,7-10,22H2,1-3H3;1H. The van der Waals surface area contributed by atoms with E-state index in [1.54, 1.807) is 18.0 Å². The number of rotatable bonds is 6. The van der Waals surface area contributed by atoms with Crippen LogP contribution in [0.4, 0.5) is 13.2 Å². The molecule has 0 spiro atoms. The fourth-order valence-corrected chi connectivity index (χ4v) is 2.89. The molecule has 0 bridgehead atoms. The first kappa shape index (κ1) is 21.8. The van der Waals surface area contributed by atoms with Gasteiger partial charge in [0.05, 0.1) is 11.0 Å². The summed E-state index contributed by atoms with van der Waals surface area (Å²) in [6.45, 7) is 4.56. The minimum absolute atomic E-state index is 0. The molecule has 1 aliphatic carbocycles. The first-order valence-corrected chi connectivity index (χ1v) is 8.27. The van der Waals surface area contributed by atoms with Crippen LogP contribution in [0, 0.1) is 5.92 Å². The quantitative estimate of drug-likeness (QED) is 0.813. The summed E-state index contributed by atoms with van der Waals surface area (Å²) in [6.07, 6.45) is -2.54. The number of hydrogen-bond acceptors (Lipinski definition) is 2. The van der Waals surface area contributed by atoms with Gasteiger partial charge in [-0.3, -0.25) is 4.79 Å². The molecule has 1 aliphatic rings. The predicted molar refractivity (Wildman–Crippen MR) is 94.7 cm³/mol. The van der Waals surface area contributed by atoms with Crippen LogP contribution < -0.4 is 5.73 Å². The fraction of sp³-hybridized carbons (Fsp3) is 0.611. The van der Waals surface area contributed by atoms with Crippen molar-refractivity contribution in [2.24, 2.45) is 11.7 Å². The van der Waals surface area contributed by atoms with E-state index in [-0.39, 0.29) is 24.4 Å². The molecule has 3 nitrogen and oxygen atoms in total. The Labute approximate surface area is 153 Å². The van der Waals surface area contributed by atoms with Crippen LogP contribution in [0.15, 0.2) is 24.3 Å². The molecule has 0 radical (unpaired) electrons. The Balaban J connectivity index is 0.00000312. The van der Waals surface area contributed by atoms with Gasteiger partial charge in [0.25, 0.3) is 0 Å². The summed E-state index contributed by atoms with van der Waals surface area (Å²) in [5, 5.41) is 0. The molecule has 142 valence electrons. The molecule has 1 unspecified atom stereocenters. The topological polar surface area (TPSA) is 46.3 Å². The van der Waals surface area contributed by atoms with E-state index in [4.69, 9.17) is 5.73 Å². The lowest BCUT2D eigenvalue weighted by atomic mass is 9.92. The third-order valence-electron chi connectivity index (χ3n) is 4.90. The molecule has 25 heavy (non-hydrogen) atoms. The monoisotopic (exact) mass is 378 g/mol. The average molecular weight is 379 g/mol. The number of alkyl halides is 3. The molecule has 0 saturated heterocycles. The zero-order chi connectivity index (χ0) is 18.1. The van der Waals surface area contributed by atoms with E-state index in [0.29, 0.717) is 37.3 Å². The summed E-state index contributed by atoms with van der Waals surface area (Å²) in [5.74, 6) is 0.213. The molecule has 1 atom stereocenters. The molecule has 1 amide bonds. The number of halogens is 4. The predicted octanol–water partition coefficient (Wildman–Crippen LogP) is 3.99. The minimum atomic E-state index is -4.40. The van der Waals surface area contributed by atoms with Crippen molar-refractivity contribution in [2.45, 2.75) is 50.7 Å². The Morgan fingerprint density at radius 2 is 1.92 bits per heavy atom. The van der Waals surface area contributed by atoms with Crippen molar-refractivity contribution in [3.05, 3.63) is 35.4 Å². The van der Waals surface area contributed by atoms with Gasteiger partial charge < -0.3 is 10.6 Å². The number of likely N-dealkylation sites (N-methyl/N-ethyl adjacent to an activating group) is 1. The summed E-state index contributed by atoms with van der Waals surface area (Å²) >= 11 is 0. The summed E-state index contributed by atoms with van der Waals surface area (Å²) in [7, 11) is 1.70. The highest BCUT2D eigenvalue weighted by molar-refractivity contribution is 5.91. The SMILES string of the molecule is CC(C)C(N)CCN(C)C(=O)C1(c2cccc(C(F)(F)F)c2)CC1.Cl. The summed E-state index contributed by atoms with van der Waals surface area (Å²) in [5.41, 5.74) is 4.97. The van der Waals surface area contributed by atoms with Gasteiger partial charge in [-0.2, -0.15) is 13.2 Å². The molecule has 0 aliphatic heterocycles. The highest BCUT2D eigenvalue weighted by Gasteiger charge is 2.52. The normalized spacial score (nSPS) is 17.0. The second kappa shape index (κ2) is 7.96. The molecule has 1 fully saturated rings. The van der Waals surface area contributed by atoms with Crippen LogP contribution in [0.3, 0.4) is 0 Å². The molecule has 1 saturated carbocycles. The van der Waals surface area contributed by atoms with Crippen molar-refractivity contribution in [3.8, 4) is 0 Å². The summed E-state index contributed by atoms with van der Waals surface area (Å²) in [4.78, 5) is 14.4. The maximum absolute atomic E-state index is 12.9. The summed E-state index contributed by atoms with van der Waals surface area (Å²) in [6, 6.07) is 5.14. The summed E-state index contributed by atoms with van der Waals surface area (Å²) < 4.78 is 38.7. The highest BCUT2D eigenvalue weighted by Crippen LogP contribution is 2.50. The minimum Gasteiger partial charge on any atom is -0.345 e. The van der Waals surface area contributed by atoms with Crippen LogP contribution in [0.25, 0.3) is 0 Å². The van der Waals surface area contributed by atoms with Gasteiger partial charge in [0, 0.05) is 19.6 Å². The van der Waals surface area contributed by atoms with Gasteiger partial charge in [0.1, 0.15) is 0 Å². The lowest BCUT2D eigenvalue weighted by molar-refractivity contribution is -0.138. The molecule has 1 aromatic carbocycles. The van der Waals surface area contributed by atoms with Gasteiger partial charge >= 0.3 is 6.18 Å². The lowest BCUT2D eigenvalue weighted by Gasteiger charge is -2.26. The van der Waals surface area contributed by atoms with E-state index in [2.05, 4.69) is 0 Å². The highest BCUT2D eigenvalue weighted by atomic mass is 35.5. The molecular formula is C18H26ClF3N2O. The van der Waals surface area contributed by atoms with Crippen LogP contribution >= 0.6 is 12.4 Å². The maximum atomic E-state index is 12.9. The van der Waals surface area contributed by atoms with Crippen LogP contribution in [0.2, 0.25) is 0 Å². The van der Waals surface area contributed by atoms with Crippen LogP contribution in [-0.2, 0) is 16.4 Å². The van der Waals surface area contributed by atoms with Crippen LogP contribution in [0.1, 0.15) is 44.2 Å². The molecule has 2 N–H and O–H groups in total. The smallest absolute Gasteiger partial charge is 0.345 e. The second-order valence-electron chi connectivity index (χ2n) is 7.08. The average Bonchev–Trinajstić information content (AvgIpc) is 3.32. The van der Waals surface area contributed by atoms with E-state index in [9.17, 15) is 18.0 Å².